The lowest BCUT2D eigenvalue weighted by Gasteiger charge is -2.12. The van der Waals surface area contributed by atoms with Gasteiger partial charge in [-0.2, -0.15) is 0 Å². The SMILES string of the molecule is COc1cc(/C=C2\N=C(c3cccc([N+](=O)[O-])c3C)OC2=O)cc(Cl)c1OC(=O)c1ccccc1. The summed E-state index contributed by atoms with van der Waals surface area (Å²) in [5, 5.41) is 11.3. The number of carbonyl (C=O) groups is 2. The van der Waals surface area contributed by atoms with Crippen molar-refractivity contribution in [2.75, 3.05) is 7.11 Å². The Morgan fingerprint density at radius 1 is 1.14 bits per heavy atom. The first kappa shape index (κ1) is 23.7. The second-order valence-electron chi connectivity index (χ2n) is 7.33. The third-order valence-corrected chi connectivity index (χ3v) is 5.39. The van der Waals surface area contributed by atoms with Crippen molar-refractivity contribution >= 4 is 41.2 Å². The maximum atomic E-state index is 12.4. The predicted octanol–water partition coefficient (Wildman–Crippen LogP) is 5.13. The van der Waals surface area contributed by atoms with Gasteiger partial charge in [-0.05, 0) is 48.9 Å². The lowest BCUT2D eigenvalue weighted by Crippen LogP contribution is -2.09. The molecule has 3 aromatic carbocycles. The first-order chi connectivity index (χ1) is 16.8. The molecule has 9 nitrogen and oxygen atoms in total. The number of nitrogens with zero attached hydrogens (tertiary/aromatic N) is 2. The third-order valence-electron chi connectivity index (χ3n) is 5.11. The molecule has 0 radical (unpaired) electrons. The van der Waals surface area contributed by atoms with Gasteiger partial charge in [0.25, 0.3) is 5.69 Å². The number of nitro benzene ring substituents is 1. The number of aliphatic imine (C=N–C) groups is 1. The molecule has 0 saturated carbocycles. The van der Waals surface area contributed by atoms with E-state index in [9.17, 15) is 19.7 Å². The van der Waals surface area contributed by atoms with Crippen molar-refractivity contribution in [3.05, 3.63) is 104 Å². The number of rotatable bonds is 6. The number of carbonyl (C=O) groups excluding carboxylic acids is 2. The minimum atomic E-state index is -0.736. The lowest BCUT2D eigenvalue weighted by atomic mass is 10.1. The Morgan fingerprint density at radius 3 is 2.57 bits per heavy atom. The minimum absolute atomic E-state index is 0.0237. The molecule has 0 aromatic heterocycles. The number of esters is 2. The molecular weight excluding hydrogens is 476 g/mol. The van der Waals surface area contributed by atoms with Gasteiger partial charge in [0.2, 0.25) is 5.90 Å². The summed E-state index contributed by atoms with van der Waals surface area (Å²) < 4.78 is 16.0. The molecule has 0 fully saturated rings. The molecule has 0 N–H and O–H groups in total. The highest BCUT2D eigenvalue weighted by Crippen LogP contribution is 2.38. The number of cyclic esters (lactones) is 1. The van der Waals surface area contributed by atoms with Gasteiger partial charge in [0.1, 0.15) is 0 Å². The molecule has 1 aliphatic rings. The largest absolute Gasteiger partial charge is 0.493 e. The van der Waals surface area contributed by atoms with E-state index in [0.29, 0.717) is 22.3 Å². The van der Waals surface area contributed by atoms with Crippen LogP contribution in [0.1, 0.15) is 27.0 Å². The van der Waals surface area contributed by atoms with E-state index in [2.05, 4.69) is 4.99 Å². The van der Waals surface area contributed by atoms with Crippen molar-refractivity contribution in [1.82, 2.24) is 0 Å². The van der Waals surface area contributed by atoms with E-state index in [1.54, 1.807) is 43.3 Å². The fourth-order valence-corrected chi connectivity index (χ4v) is 3.64. The fraction of sp³-hybridized carbons (Fsp3) is 0.0800. The molecule has 3 aromatic rings. The number of hydrogen-bond donors (Lipinski definition) is 0. The van der Waals surface area contributed by atoms with Crippen molar-refractivity contribution in [2.45, 2.75) is 6.92 Å². The molecule has 0 unspecified atom stereocenters. The Kier molecular flexibility index (Phi) is 6.61. The van der Waals surface area contributed by atoms with Gasteiger partial charge in [0, 0.05) is 17.2 Å². The van der Waals surface area contributed by atoms with Crippen LogP contribution in [0.3, 0.4) is 0 Å². The fourth-order valence-electron chi connectivity index (χ4n) is 3.38. The Balaban J connectivity index is 1.66. The van der Waals surface area contributed by atoms with Crippen LogP contribution in [0, 0.1) is 17.0 Å². The van der Waals surface area contributed by atoms with Crippen LogP contribution < -0.4 is 9.47 Å². The van der Waals surface area contributed by atoms with E-state index in [0.717, 1.165) is 0 Å². The summed E-state index contributed by atoms with van der Waals surface area (Å²) in [7, 11) is 1.38. The van der Waals surface area contributed by atoms with Crippen LogP contribution in [-0.2, 0) is 9.53 Å². The van der Waals surface area contributed by atoms with Crippen LogP contribution in [0.15, 0.2) is 71.4 Å². The highest BCUT2D eigenvalue weighted by molar-refractivity contribution is 6.32. The van der Waals surface area contributed by atoms with Crippen LogP contribution in [0.2, 0.25) is 5.02 Å². The summed E-state index contributed by atoms with van der Waals surface area (Å²) in [6.45, 7) is 1.55. The maximum Gasteiger partial charge on any atom is 0.363 e. The zero-order valence-electron chi connectivity index (χ0n) is 18.5. The van der Waals surface area contributed by atoms with Gasteiger partial charge in [-0.15, -0.1) is 0 Å². The van der Waals surface area contributed by atoms with Crippen molar-refractivity contribution < 1.29 is 28.7 Å². The highest BCUT2D eigenvalue weighted by Gasteiger charge is 2.28. The minimum Gasteiger partial charge on any atom is -0.493 e. The highest BCUT2D eigenvalue weighted by atomic mass is 35.5. The molecule has 0 aliphatic carbocycles. The Labute approximate surface area is 204 Å². The van der Waals surface area contributed by atoms with Gasteiger partial charge in [-0.1, -0.05) is 35.9 Å². The van der Waals surface area contributed by atoms with Gasteiger partial charge in [-0.25, -0.2) is 14.6 Å². The molecule has 0 amide bonds. The van der Waals surface area contributed by atoms with Gasteiger partial charge in [0.15, 0.2) is 17.2 Å². The topological polar surface area (TPSA) is 117 Å². The molecule has 176 valence electrons. The van der Waals surface area contributed by atoms with Crippen LogP contribution in [0.25, 0.3) is 6.08 Å². The van der Waals surface area contributed by atoms with Gasteiger partial charge in [-0.3, -0.25) is 10.1 Å². The molecule has 0 spiro atoms. The number of nitro groups is 1. The monoisotopic (exact) mass is 492 g/mol. The first-order valence-electron chi connectivity index (χ1n) is 10.2. The van der Waals surface area contributed by atoms with E-state index in [1.807, 2.05) is 0 Å². The normalized spacial score (nSPS) is 13.9. The second-order valence-corrected chi connectivity index (χ2v) is 7.74. The van der Waals surface area contributed by atoms with Crippen LogP contribution >= 0.6 is 11.6 Å². The second kappa shape index (κ2) is 9.78. The molecule has 0 bridgehead atoms. The zero-order valence-corrected chi connectivity index (χ0v) is 19.2. The smallest absolute Gasteiger partial charge is 0.363 e. The van der Waals surface area contributed by atoms with Crippen LogP contribution in [0.5, 0.6) is 11.5 Å². The van der Waals surface area contributed by atoms with Crippen LogP contribution in [-0.4, -0.2) is 29.9 Å². The van der Waals surface area contributed by atoms with E-state index in [-0.39, 0.29) is 33.8 Å². The van der Waals surface area contributed by atoms with Gasteiger partial charge < -0.3 is 14.2 Å². The number of halogens is 1. The third kappa shape index (κ3) is 4.90. The number of methoxy groups -OCH3 is 1. The van der Waals surface area contributed by atoms with Crippen molar-refractivity contribution in [3.63, 3.8) is 0 Å². The molecule has 4 rings (SSSR count). The quantitative estimate of drug-likeness (QED) is 0.154. The number of hydrogen-bond acceptors (Lipinski definition) is 8. The standard InChI is InChI=1S/C25H17ClN2O7/c1-14-17(9-6-10-20(14)28(31)32)23-27-19(25(30)35-23)12-15-11-18(26)22(21(13-15)33-2)34-24(29)16-7-4-3-5-8-16/h3-13H,1-2H3/b19-12-. The summed E-state index contributed by atoms with van der Waals surface area (Å²) in [6, 6.07) is 15.8. The van der Waals surface area contributed by atoms with Crippen LogP contribution in [0.4, 0.5) is 5.69 Å². The Bertz CT molecular complexity index is 1410. The predicted molar refractivity (Wildman–Crippen MR) is 128 cm³/mol. The lowest BCUT2D eigenvalue weighted by molar-refractivity contribution is -0.385. The Hall–Kier alpha value is -4.50. The van der Waals surface area contributed by atoms with Gasteiger partial charge >= 0.3 is 11.9 Å². The summed E-state index contributed by atoms with van der Waals surface area (Å²) in [6.07, 6.45) is 1.42. The van der Waals surface area contributed by atoms with E-state index < -0.39 is 16.9 Å². The summed E-state index contributed by atoms with van der Waals surface area (Å²) in [5.41, 5.74) is 1.26. The summed E-state index contributed by atoms with van der Waals surface area (Å²) >= 11 is 6.36. The molecule has 1 heterocycles. The average molecular weight is 493 g/mol. The summed E-state index contributed by atoms with van der Waals surface area (Å²) in [4.78, 5) is 39.8. The van der Waals surface area contributed by atoms with Gasteiger partial charge in [0.05, 0.1) is 22.6 Å². The van der Waals surface area contributed by atoms with E-state index in [1.165, 1.54) is 37.5 Å². The van der Waals surface area contributed by atoms with E-state index in [4.69, 9.17) is 25.8 Å². The first-order valence-corrected chi connectivity index (χ1v) is 10.6. The molecule has 1 aliphatic heterocycles. The number of ether oxygens (including phenoxy) is 3. The summed E-state index contributed by atoms with van der Waals surface area (Å²) in [5.74, 6) is -1.21. The van der Waals surface area contributed by atoms with Crippen molar-refractivity contribution in [3.8, 4) is 11.5 Å². The van der Waals surface area contributed by atoms with Crippen molar-refractivity contribution in [1.29, 1.82) is 0 Å². The number of benzene rings is 3. The molecule has 35 heavy (non-hydrogen) atoms. The Morgan fingerprint density at radius 2 is 1.89 bits per heavy atom. The molecule has 10 heteroatoms. The van der Waals surface area contributed by atoms with Crippen molar-refractivity contribution in [2.24, 2.45) is 4.99 Å². The maximum absolute atomic E-state index is 12.4. The molecule has 0 saturated heterocycles. The zero-order chi connectivity index (χ0) is 25.1. The molecule has 0 atom stereocenters. The van der Waals surface area contributed by atoms with E-state index >= 15 is 0 Å². The molecular formula is C25H17ClN2O7. The average Bonchev–Trinajstić information content (AvgIpc) is 3.20.